The number of rotatable bonds is 3. The van der Waals surface area contributed by atoms with Gasteiger partial charge in [-0.3, -0.25) is 9.59 Å². The van der Waals surface area contributed by atoms with Gasteiger partial charge in [0, 0.05) is 24.0 Å². The number of aryl methyl sites for hydroxylation is 1. The van der Waals surface area contributed by atoms with Gasteiger partial charge in [-0.2, -0.15) is 0 Å². The number of methoxy groups -OCH3 is 1. The number of hydrogen-bond acceptors (Lipinski definition) is 3. The Balaban J connectivity index is 2.14. The normalized spacial score (nSPS) is 20.4. The van der Waals surface area contributed by atoms with Crippen LogP contribution in [0.2, 0.25) is 0 Å². The third-order valence-electron chi connectivity index (χ3n) is 3.95. The lowest BCUT2D eigenvalue weighted by atomic mass is 9.76. The van der Waals surface area contributed by atoms with Gasteiger partial charge in [-0.15, -0.1) is 0 Å². The molecule has 0 N–H and O–H groups in total. The minimum atomic E-state index is -1.21. The summed E-state index contributed by atoms with van der Waals surface area (Å²) in [5, 5.41) is 0. The van der Waals surface area contributed by atoms with Gasteiger partial charge < -0.3 is 9.30 Å². The molecule has 2 heterocycles. The largest absolute Gasteiger partial charge is 0.468 e. The number of ketones is 1. The topological polar surface area (TPSA) is 48.3 Å². The molecule has 0 spiro atoms. The first-order valence-corrected chi connectivity index (χ1v) is 6.54. The fraction of sp³-hybridized carbons (Fsp3) is 0.250. The molecule has 1 atom stereocenters. The van der Waals surface area contributed by atoms with E-state index in [2.05, 4.69) is 0 Å². The van der Waals surface area contributed by atoms with E-state index in [1.165, 1.54) is 7.11 Å². The molecule has 0 aliphatic carbocycles. The van der Waals surface area contributed by atoms with Crippen molar-refractivity contribution in [2.75, 3.05) is 7.11 Å². The highest BCUT2D eigenvalue weighted by atomic mass is 16.5. The van der Waals surface area contributed by atoms with E-state index < -0.39 is 11.4 Å². The van der Waals surface area contributed by atoms with Crippen LogP contribution in [0, 0.1) is 0 Å². The number of nitrogens with zero attached hydrogens (tertiary/aromatic N) is 1. The lowest BCUT2D eigenvalue weighted by molar-refractivity contribution is -0.145. The molecule has 1 aliphatic rings. The highest BCUT2D eigenvalue weighted by Crippen LogP contribution is 2.39. The van der Waals surface area contributed by atoms with E-state index in [9.17, 15) is 9.59 Å². The number of ether oxygens (including phenoxy) is 1. The van der Waals surface area contributed by atoms with Crippen molar-refractivity contribution in [2.45, 2.75) is 18.4 Å². The number of aromatic nitrogens is 1. The van der Waals surface area contributed by atoms with Gasteiger partial charge in [0.2, 0.25) is 0 Å². The Labute approximate surface area is 117 Å². The van der Waals surface area contributed by atoms with Crippen LogP contribution in [0.4, 0.5) is 0 Å². The SMILES string of the molecule is COC(=O)C1(C(=O)c2ccccc2)CCn2cccc21. The molecular formula is C16H15NO3. The van der Waals surface area contributed by atoms with Crippen molar-refractivity contribution in [1.82, 2.24) is 4.57 Å². The Morgan fingerprint density at radius 3 is 2.60 bits per heavy atom. The van der Waals surface area contributed by atoms with Gasteiger partial charge in [-0.1, -0.05) is 30.3 Å². The summed E-state index contributed by atoms with van der Waals surface area (Å²) in [6.45, 7) is 0.649. The third-order valence-corrected chi connectivity index (χ3v) is 3.95. The Morgan fingerprint density at radius 1 is 1.15 bits per heavy atom. The van der Waals surface area contributed by atoms with E-state index >= 15 is 0 Å². The predicted octanol–water partition coefficient (Wildman–Crippen LogP) is 2.19. The van der Waals surface area contributed by atoms with Crippen molar-refractivity contribution < 1.29 is 14.3 Å². The van der Waals surface area contributed by atoms with Gasteiger partial charge in [0.05, 0.1) is 7.11 Å². The van der Waals surface area contributed by atoms with Crippen molar-refractivity contribution in [1.29, 1.82) is 0 Å². The van der Waals surface area contributed by atoms with Crippen molar-refractivity contribution in [2.24, 2.45) is 0 Å². The molecule has 4 nitrogen and oxygen atoms in total. The fourth-order valence-electron chi connectivity index (χ4n) is 2.95. The fourth-order valence-corrected chi connectivity index (χ4v) is 2.95. The van der Waals surface area contributed by atoms with E-state index in [1.54, 1.807) is 24.3 Å². The molecule has 0 saturated carbocycles. The Hall–Kier alpha value is -2.36. The average molecular weight is 269 g/mol. The molecule has 1 aliphatic heterocycles. The van der Waals surface area contributed by atoms with Gasteiger partial charge in [-0.05, 0) is 18.6 Å². The number of hydrogen-bond donors (Lipinski definition) is 0. The highest BCUT2D eigenvalue weighted by molar-refractivity contribution is 6.17. The molecule has 1 unspecified atom stereocenters. The van der Waals surface area contributed by atoms with Gasteiger partial charge in [0.15, 0.2) is 11.2 Å². The first kappa shape index (κ1) is 12.7. The van der Waals surface area contributed by atoms with E-state index in [-0.39, 0.29) is 5.78 Å². The summed E-state index contributed by atoms with van der Waals surface area (Å²) in [6, 6.07) is 12.6. The summed E-state index contributed by atoms with van der Waals surface area (Å²) in [5.74, 6) is -0.675. The van der Waals surface area contributed by atoms with E-state index in [1.807, 2.05) is 29.0 Å². The van der Waals surface area contributed by atoms with Crippen LogP contribution in [0.25, 0.3) is 0 Å². The lowest BCUT2D eigenvalue weighted by Gasteiger charge is -2.24. The van der Waals surface area contributed by atoms with Crippen LogP contribution in [-0.4, -0.2) is 23.4 Å². The van der Waals surface area contributed by atoms with Crippen LogP contribution in [0.3, 0.4) is 0 Å². The zero-order chi connectivity index (χ0) is 14.2. The maximum absolute atomic E-state index is 12.9. The van der Waals surface area contributed by atoms with Crippen LogP contribution in [0.1, 0.15) is 22.5 Å². The highest BCUT2D eigenvalue weighted by Gasteiger charge is 2.53. The van der Waals surface area contributed by atoms with Gasteiger partial charge in [0.25, 0.3) is 0 Å². The summed E-state index contributed by atoms with van der Waals surface area (Å²) in [4.78, 5) is 25.3. The molecule has 2 aromatic rings. The van der Waals surface area contributed by atoms with Crippen molar-refractivity contribution in [3.63, 3.8) is 0 Å². The molecule has 0 bridgehead atoms. The third kappa shape index (κ3) is 1.61. The minimum absolute atomic E-state index is 0.192. The lowest BCUT2D eigenvalue weighted by Crippen LogP contribution is -2.43. The average Bonchev–Trinajstić information content (AvgIpc) is 3.09. The van der Waals surface area contributed by atoms with E-state index in [0.29, 0.717) is 18.5 Å². The number of esters is 1. The second-order valence-electron chi connectivity index (χ2n) is 4.93. The second-order valence-corrected chi connectivity index (χ2v) is 4.93. The molecule has 0 saturated heterocycles. The van der Waals surface area contributed by atoms with Gasteiger partial charge in [0.1, 0.15) is 0 Å². The summed E-state index contributed by atoms with van der Waals surface area (Å²) in [6.07, 6.45) is 2.34. The van der Waals surface area contributed by atoms with E-state index in [0.717, 1.165) is 5.69 Å². The monoisotopic (exact) mass is 269 g/mol. The minimum Gasteiger partial charge on any atom is -0.468 e. The predicted molar refractivity (Wildman–Crippen MR) is 73.5 cm³/mol. The Kier molecular flexibility index (Phi) is 2.93. The molecule has 0 amide bonds. The molecule has 4 heteroatoms. The first-order valence-electron chi connectivity index (χ1n) is 6.54. The molecule has 3 rings (SSSR count). The standard InChI is InChI=1S/C16H15NO3/c1-20-15(19)16(9-11-17-10-5-8-13(16)17)14(18)12-6-3-2-4-7-12/h2-8,10H,9,11H2,1H3. The summed E-state index contributed by atoms with van der Waals surface area (Å²) in [5.41, 5.74) is 0.0466. The van der Waals surface area contributed by atoms with Crippen LogP contribution in [-0.2, 0) is 21.5 Å². The van der Waals surface area contributed by atoms with Crippen LogP contribution in [0.15, 0.2) is 48.7 Å². The molecule has 0 radical (unpaired) electrons. The molecule has 102 valence electrons. The number of carbonyl (C=O) groups is 2. The number of benzene rings is 1. The zero-order valence-electron chi connectivity index (χ0n) is 11.2. The maximum atomic E-state index is 12.9. The molecule has 0 fully saturated rings. The van der Waals surface area contributed by atoms with Gasteiger partial charge >= 0.3 is 5.97 Å². The van der Waals surface area contributed by atoms with E-state index in [4.69, 9.17) is 4.74 Å². The molecular weight excluding hydrogens is 254 g/mol. The van der Waals surface area contributed by atoms with Crippen LogP contribution >= 0.6 is 0 Å². The zero-order valence-corrected chi connectivity index (χ0v) is 11.2. The van der Waals surface area contributed by atoms with Crippen LogP contribution in [0.5, 0.6) is 0 Å². The summed E-state index contributed by atoms with van der Waals surface area (Å²) < 4.78 is 6.88. The summed E-state index contributed by atoms with van der Waals surface area (Å²) >= 11 is 0. The Bertz CT molecular complexity index is 659. The Morgan fingerprint density at radius 2 is 1.90 bits per heavy atom. The quantitative estimate of drug-likeness (QED) is 0.487. The smallest absolute Gasteiger partial charge is 0.325 e. The molecule has 1 aromatic heterocycles. The van der Waals surface area contributed by atoms with Gasteiger partial charge in [-0.25, -0.2) is 0 Å². The molecule has 1 aromatic carbocycles. The van der Waals surface area contributed by atoms with Crippen LogP contribution < -0.4 is 0 Å². The summed E-state index contributed by atoms with van der Waals surface area (Å²) in [7, 11) is 1.33. The molecule has 20 heavy (non-hydrogen) atoms. The number of carbonyl (C=O) groups excluding carboxylic acids is 2. The van der Waals surface area contributed by atoms with Crippen molar-refractivity contribution >= 4 is 11.8 Å². The number of fused-ring (bicyclic) bond motifs is 1. The maximum Gasteiger partial charge on any atom is 0.325 e. The van der Waals surface area contributed by atoms with Crippen molar-refractivity contribution in [3.8, 4) is 0 Å². The second kappa shape index (κ2) is 4.63. The first-order chi connectivity index (χ1) is 9.70. The number of Topliss-reactive ketones (excluding diaryl/α,β-unsaturated/α-hetero) is 1. The van der Waals surface area contributed by atoms with Crippen molar-refractivity contribution in [3.05, 3.63) is 59.9 Å².